The molecule has 1 aliphatic heterocycles. The first-order chi connectivity index (χ1) is 12.2. The predicted octanol–water partition coefficient (Wildman–Crippen LogP) is 4.08. The molecular formula is C19H19ClN4O. The summed E-state index contributed by atoms with van der Waals surface area (Å²) in [5, 5.41) is 9.00. The molecular weight excluding hydrogens is 336 g/mol. The van der Waals surface area contributed by atoms with Gasteiger partial charge in [-0.1, -0.05) is 28.9 Å². The Morgan fingerprint density at radius 2 is 2.04 bits per heavy atom. The zero-order valence-electron chi connectivity index (χ0n) is 14.0. The van der Waals surface area contributed by atoms with Gasteiger partial charge in [-0.3, -0.25) is 4.79 Å². The molecule has 0 unspecified atom stereocenters. The van der Waals surface area contributed by atoms with E-state index in [2.05, 4.69) is 10.3 Å². The second-order valence-electron chi connectivity index (χ2n) is 6.32. The molecule has 1 amide bonds. The number of carbonyl (C=O) groups is 1. The third-order valence-corrected chi connectivity index (χ3v) is 5.08. The number of rotatable bonds is 3. The van der Waals surface area contributed by atoms with E-state index in [0.29, 0.717) is 10.6 Å². The molecule has 1 saturated heterocycles. The number of hydrogen-bond acceptors (Lipinski definition) is 3. The van der Waals surface area contributed by atoms with Crippen LogP contribution >= 0.6 is 11.6 Å². The minimum absolute atomic E-state index is 0.0467. The standard InChI is InChI=1S/C19H19ClN4O/c1-2-24-18-10-7-14(12-16(18)21-22-24)19(25)23-11-3-4-17(23)13-5-8-15(20)9-6-13/h5-10,12,17H,2-4,11H2,1H3/t17-/m0/s1. The number of fused-ring (bicyclic) bond motifs is 1. The monoisotopic (exact) mass is 354 g/mol. The smallest absolute Gasteiger partial charge is 0.254 e. The van der Waals surface area contributed by atoms with Crippen LogP contribution in [-0.2, 0) is 6.54 Å². The molecule has 1 fully saturated rings. The van der Waals surface area contributed by atoms with Gasteiger partial charge in [-0.15, -0.1) is 5.10 Å². The molecule has 0 saturated carbocycles. The summed E-state index contributed by atoms with van der Waals surface area (Å²) in [4.78, 5) is 15.0. The summed E-state index contributed by atoms with van der Waals surface area (Å²) in [5.74, 6) is 0.0467. The van der Waals surface area contributed by atoms with Crippen molar-refractivity contribution >= 4 is 28.5 Å². The Balaban J connectivity index is 1.64. The Morgan fingerprint density at radius 1 is 1.24 bits per heavy atom. The Hall–Kier alpha value is -2.40. The Labute approximate surface area is 151 Å². The van der Waals surface area contributed by atoms with E-state index >= 15 is 0 Å². The van der Waals surface area contributed by atoms with E-state index in [-0.39, 0.29) is 11.9 Å². The second kappa shape index (κ2) is 6.48. The van der Waals surface area contributed by atoms with Crippen LogP contribution in [0.25, 0.3) is 11.0 Å². The van der Waals surface area contributed by atoms with Crippen LogP contribution in [0.2, 0.25) is 5.02 Å². The second-order valence-corrected chi connectivity index (χ2v) is 6.75. The number of nitrogens with zero attached hydrogens (tertiary/aromatic N) is 4. The van der Waals surface area contributed by atoms with E-state index in [4.69, 9.17) is 11.6 Å². The fourth-order valence-corrected chi connectivity index (χ4v) is 3.67. The lowest BCUT2D eigenvalue weighted by Gasteiger charge is -2.25. The number of carbonyl (C=O) groups excluding carboxylic acids is 1. The predicted molar refractivity (Wildman–Crippen MR) is 97.7 cm³/mol. The van der Waals surface area contributed by atoms with Crippen LogP contribution in [0, 0.1) is 0 Å². The third kappa shape index (κ3) is 2.89. The van der Waals surface area contributed by atoms with Gasteiger partial charge in [0.15, 0.2) is 0 Å². The molecule has 4 rings (SSSR count). The number of benzene rings is 2. The molecule has 128 valence electrons. The molecule has 2 heterocycles. The van der Waals surface area contributed by atoms with Gasteiger partial charge in [0.25, 0.3) is 5.91 Å². The summed E-state index contributed by atoms with van der Waals surface area (Å²) >= 11 is 5.99. The maximum Gasteiger partial charge on any atom is 0.254 e. The van der Waals surface area contributed by atoms with E-state index in [0.717, 1.165) is 42.5 Å². The molecule has 3 aromatic rings. The van der Waals surface area contributed by atoms with Crippen molar-refractivity contribution in [3.63, 3.8) is 0 Å². The fourth-order valence-electron chi connectivity index (χ4n) is 3.55. The number of hydrogen-bond donors (Lipinski definition) is 0. The van der Waals surface area contributed by atoms with Crippen molar-refractivity contribution in [3.05, 3.63) is 58.6 Å². The average Bonchev–Trinajstić information content (AvgIpc) is 3.28. The highest BCUT2D eigenvalue weighted by Crippen LogP contribution is 2.33. The summed E-state index contributed by atoms with van der Waals surface area (Å²) in [7, 11) is 0. The quantitative estimate of drug-likeness (QED) is 0.712. The lowest BCUT2D eigenvalue weighted by atomic mass is 10.0. The maximum absolute atomic E-state index is 13.1. The Kier molecular flexibility index (Phi) is 4.17. The van der Waals surface area contributed by atoms with Crippen LogP contribution < -0.4 is 0 Å². The van der Waals surface area contributed by atoms with E-state index in [1.807, 2.05) is 59.0 Å². The number of aromatic nitrogens is 3. The molecule has 0 spiro atoms. The van der Waals surface area contributed by atoms with Crippen molar-refractivity contribution in [2.45, 2.75) is 32.4 Å². The van der Waals surface area contributed by atoms with Crippen molar-refractivity contribution in [3.8, 4) is 0 Å². The maximum atomic E-state index is 13.1. The van der Waals surface area contributed by atoms with Gasteiger partial charge >= 0.3 is 0 Å². The van der Waals surface area contributed by atoms with Gasteiger partial charge < -0.3 is 4.90 Å². The first-order valence-electron chi connectivity index (χ1n) is 8.57. The summed E-state index contributed by atoms with van der Waals surface area (Å²) in [6.07, 6.45) is 1.98. The molecule has 1 aromatic heterocycles. The normalized spacial score (nSPS) is 17.4. The average molecular weight is 355 g/mol. The van der Waals surface area contributed by atoms with Gasteiger partial charge in [0.1, 0.15) is 5.52 Å². The number of likely N-dealkylation sites (tertiary alicyclic amines) is 1. The first kappa shape index (κ1) is 16.1. The number of halogens is 1. The van der Waals surface area contributed by atoms with Crippen LogP contribution in [0.4, 0.5) is 0 Å². The van der Waals surface area contributed by atoms with Crippen LogP contribution in [0.15, 0.2) is 42.5 Å². The largest absolute Gasteiger partial charge is 0.332 e. The van der Waals surface area contributed by atoms with Crippen molar-refractivity contribution in [2.75, 3.05) is 6.54 Å². The molecule has 5 nitrogen and oxygen atoms in total. The van der Waals surface area contributed by atoms with Gasteiger partial charge in [0, 0.05) is 23.7 Å². The summed E-state index contributed by atoms with van der Waals surface area (Å²) in [6, 6.07) is 13.5. The van der Waals surface area contributed by atoms with Crippen molar-refractivity contribution in [1.29, 1.82) is 0 Å². The molecule has 0 bridgehead atoms. The van der Waals surface area contributed by atoms with Gasteiger partial charge in [-0.05, 0) is 55.7 Å². The van der Waals surface area contributed by atoms with Crippen molar-refractivity contribution in [2.24, 2.45) is 0 Å². The highest BCUT2D eigenvalue weighted by atomic mass is 35.5. The van der Waals surface area contributed by atoms with E-state index in [9.17, 15) is 4.79 Å². The third-order valence-electron chi connectivity index (χ3n) is 4.83. The number of amides is 1. The number of aryl methyl sites for hydroxylation is 1. The van der Waals surface area contributed by atoms with Crippen molar-refractivity contribution < 1.29 is 4.79 Å². The first-order valence-corrected chi connectivity index (χ1v) is 8.95. The molecule has 1 aliphatic rings. The minimum atomic E-state index is 0.0467. The van der Waals surface area contributed by atoms with Gasteiger partial charge in [-0.2, -0.15) is 0 Å². The molecule has 2 aromatic carbocycles. The zero-order valence-corrected chi connectivity index (χ0v) is 14.8. The van der Waals surface area contributed by atoms with Crippen LogP contribution in [0.5, 0.6) is 0 Å². The Morgan fingerprint density at radius 3 is 2.80 bits per heavy atom. The molecule has 6 heteroatoms. The minimum Gasteiger partial charge on any atom is -0.332 e. The molecule has 0 aliphatic carbocycles. The molecule has 25 heavy (non-hydrogen) atoms. The van der Waals surface area contributed by atoms with E-state index < -0.39 is 0 Å². The van der Waals surface area contributed by atoms with Crippen LogP contribution in [0.1, 0.15) is 41.7 Å². The summed E-state index contributed by atoms with van der Waals surface area (Å²) < 4.78 is 1.83. The lowest BCUT2D eigenvalue weighted by molar-refractivity contribution is 0.0736. The highest BCUT2D eigenvalue weighted by Gasteiger charge is 2.30. The van der Waals surface area contributed by atoms with Gasteiger partial charge in [-0.25, -0.2) is 4.68 Å². The zero-order chi connectivity index (χ0) is 17.4. The van der Waals surface area contributed by atoms with E-state index in [1.54, 1.807) is 0 Å². The van der Waals surface area contributed by atoms with Crippen LogP contribution in [-0.4, -0.2) is 32.3 Å². The van der Waals surface area contributed by atoms with Gasteiger partial charge in [0.05, 0.1) is 11.6 Å². The molecule has 1 atom stereocenters. The lowest BCUT2D eigenvalue weighted by Crippen LogP contribution is -2.30. The molecule has 0 radical (unpaired) electrons. The summed E-state index contributed by atoms with van der Waals surface area (Å²) in [5.41, 5.74) is 3.51. The van der Waals surface area contributed by atoms with Crippen LogP contribution in [0.3, 0.4) is 0 Å². The Bertz CT molecular complexity index is 919. The topological polar surface area (TPSA) is 51.0 Å². The van der Waals surface area contributed by atoms with Crippen molar-refractivity contribution in [1.82, 2.24) is 19.9 Å². The highest BCUT2D eigenvalue weighted by molar-refractivity contribution is 6.30. The van der Waals surface area contributed by atoms with E-state index in [1.165, 1.54) is 0 Å². The fraction of sp³-hybridized carbons (Fsp3) is 0.316. The summed E-state index contributed by atoms with van der Waals surface area (Å²) in [6.45, 7) is 3.55. The SMILES string of the molecule is CCn1nnc2cc(C(=O)N3CCC[C@H]3c3ccc(Cl)cc3)ccc21. The molecule has 0 N–H and O–H groups in total. The van der Waals surface area contributed by atoms with Gasteiger partial charge in [0.2, 0.25) is 0 Å².